The van der Waals surface area contributed by atoms with E-state index in [0.717, 1.165) is 0 Å². The molecule has 0 saturated carbocycles. The molecule has 0 radical (unpaired) electrons. The number of rotatable bonds is 2. The van der Waals surface area contributed by atoms with Gasteiger partial charge in [-0.1, -0.05) is 16.8 Å². The number of aromatic nitrogens is 3. The van der Waals surface area contributed by atoms with Gasteiger partial charge in [0.25, 0.3) is 0 Å². The Morgan fingerprint density at radius 3 is 2.80 bits per heavy atom. The predicted octanol–water partition coefficient (Wildman–Crippen LogP) is 1.12. The lowest BCUT2D eigenvalue weighted by Gasteiger charge is -2.02. The van der Waals surface area contributed by atoms with Gasteiger partial charge in [0.15, 0.2) is 0 Å². The van der Waals surface area contributed by atoms with Crippen LogP contribution in [0.1, 0.15) is 5.69 Å². The average molecular weight is 226 g/mol. The van der Waals surface area contributed by atoms with Gasteiger partial charge in [0.2, 0.25) is 0 Å². The first-order valence-corrected chi connectivity index (χ1v) is 4.59. The summed E-state index contributed by atoms with van der Waals surface area (Å²) in [5.74, 6) is 0.0110. The van der Waals surface area contributed by atoms with Crippen LogP contribution >= 0.6 is 11.6 Å². The lowest BCUT2D eigenvalue weighted by molar-refractivity contribution is 0.276. The number of aromatic hydroxyl groups is 1. The molecule has 0 bridgehead atoms. The minimum atomic E-state index is -0.186. The van der Waals surface area contributed by atoms with E-state index >= 15 is 0 Å². The van der Waals surface area contributed by atoms with Crippen molar-refractivity contribution in [2.75, 3.05) is 0 Å². The van der Waals surface area contributed by atoms with Crippen LogP contribution in [-0.2, 0) is 6.61 Å². The minimum Gasteiger partial charge on any atom is -0.506 e. The molecule has 6 heteroatoms. The van der Waals surface area contributed by atoms with Gasteiger partial charge in [0, 0.05) is 11.1 Å². The van der Waals surface area contributed by atoms with Crippen LogP contribution in [-0.4, -0.2) is 25.2 Å². The van der Waals surface area contributed by atoms with E-state index in [0.29, 0.717) is 16.4 Å². The zero-order valence-corrected chi connectivity index (χ0v) is 8.39. The normalized spacial score (nSPS) is 10.5. The zero-order chi connectivity index (χ0) is 10.8. The van der Waals surface area contributed by atoms with E-state index in [9.17, 15) is 5.11 Å². The fourth-order valence-electron chi connectivity index (χ4n) is 1.18. The van der Waals surface area contributed by atoms with Crippen LogP contribution in [0.25, 0.3) is 5.69 Å². The number of hydrogen-bond donors (Lipinski definition) is 2. The zero-order valence-electron chi connectivity index (χ0n) is 7.63. The molecule has 78 valence electrons. The summed E-state index contributed by atoms with van der Waals surface area (Å²) in [6, 6.07) is 4.67. The maximum absolute atomic E-state index is 9.59. The van der Waals surface area contributed by atoms with Crippen LogP contribution in [0, 0.1) is 0 Å². The highest BCUT2D eigenvalue weighted by atomic mass is 35.5. The Balaban J connectivity index is 2.44. The second kappa shape index (κ2) is 3.88. The van der Waals surface area contributed by atoms with Gasteiger partial charge in [-0.3, -0.25) is 0 Å². The molecule has 0 amide bonds. The quantitative estimate of drug-likeness (QED) is 0.804. The number of benzene rings is 1. The molecule has 15 heavy (non-hydrogen) atoms. The second-order valence-corrected chi connectivity index (χ2v) is 3.38. The lowest BCUT2D eigenvalue weighted by Crippen LogP contribution is -1.95. The van der Waals surface area contributed by atoms with Gasteiger partial charge in [-0.15, -0.1) is 5.10 Å². The van der Waals surface area contributed by atoms with E-state index in [-0.39, 0.29) is 12.4 Å². The lowest BCUT2D eigenvalue weighted by atomic mass is 10.3. The van der Waals surface area contributed by atoms with Gasteiger partial charge in [0.05, 0.1) is 12.8 Å². The molecule has 0 aliphatic rings. The number of aliphatic hydroxyl groups excluding tert-OH is 1. The van der Waals surface area contributed by atoms with E-state index in [1.54, 1.807) is 12.1 Å². The van der Waals surface area contributed by atoms with E-state index < -0.39 is 0 Å². The molecule has 2 aromatic rings. The standard InChI is InChI=1S/C9H8ClN3O2/c10-6-1-2-8(9(15)3-6)13-4-7(5-14)11-12-13/h1-4,14-15H,5H2. The van der Waals surface area contributed by atoms with Crippen molar-refractivity contribution in [3.8, 4) is 11.4 Å². The van der Waals surface area contributed by atoms with Crippen molar-refractivity contribution in [2.45, 2.75) is 6.61 Å². The third-order valence-corrected chi connectivity index (χ3v) is 2.12. The van der Waals surface area contributed by atoms with Crippen LogP contribution in [0.3, 0.4) is 0 Å². The van der Waals surface area contributed by atoms with Crippen molar-refractivity contribution in [3.05, 3.63) is 35.1 Å². The number of phenolic OH excluding ortho intramolecular Hbond substituents is 1. The minimum absolute atomic E-state index is 0.0110. The van der Waals surface area contributed by atoms with Crippen molar-refractivity contribution in [1.29, 1.82) is 0 Å². The van der Waals surface area contributed by atoms with Gasteiger partial charge < -0.3 is 10.2 Å². The number of nitrogens with zero attached hydrogens (tertiary/aromatic N) is 3. The van der Waals surface area contributed by atoms with E-state index in [1.165, 1.54) is 16.9 Å². The highest BCUT2D eigenvalue weighted by molar-refractivity contribution is 6.30. The fraction of sp³-hybridized carbons (Fsp3) is 0.111. The van der Waals surface area contributed by atoms with Gasteiger partial charge in [-0.05, 0) is 12.1 Å². The van der Waals surface area contributed by atoms with Crippen molar-refractivity contribution in [2.24, 2.45) is 0 Å². The fourth-order valence-corrected chi connectivity index (χ4v) is 1.35. The molecule has 1 aromatic carbocycles. The van der Waals surface area contributed by atoms with Crippen LogP contribution in [0.4, 0.5) is 0 Å². The summed E-state index contributed by atoms with van der Waals surface area (Å²) in [5.41, 5.74) is 0.899. The summed E-state index contributed by atoms with van der Waals surface area (Å²) in [4.78, 5) is 0. The van der Waals surface area contributed by atoms with Crippen molar-refractivity contribution in [1.82, 2.24) is 15.0 Å². The third-order valence-electron chi connectivity index (χ3n) is 1.89. The SMILES string of the molecule is OCc1cn(-c2ccc(Cl)cc2O)nn1. The first-order valence-electron chi connectivity index (χ1n) is 4.21. The largest absolute Gasteiger partial charge is 0.506 e. The second-order valence-electron chi connectivity index (χ2n) is 2.95. The Bertz CT molecular complexity index is 484. The summed E-state index contributed by atoms with van der Waals surface area (Å²) in [6.45, 7) is -0.186. The predicted molar refractivity (Wildman–Crippen MR) is 54.0 cm³/mol. The van der Waals surface area contributed by atoms with Gasteiger partial charge in [-0.2, -0.15) is 0 Å². The van der Waals surface area contributed by atoms with Gasteiger partial charge >= 0.3 is 0 Å². The number of aliphatic hydroxyl groups is 1. The Hall–Kier alpha value is -1.59. The van der Waals surface area contributed by atoms with Crippen LogP contribution in [0.5, 0.6) is 5.75 Å². The van der Waals surface area contributed by atoms with Crippen LogP contribution < -0.4 is 0 Å². The molecular weight excluding hydrogens is 218 g/mol. The van der Waals surface area contributed by atoms with E-state index in [2.05, 4.69) is 10.3 Å². The Morgan fingerprint density at radius 2 is 2.20 bits per heavy atom. The van der Waals surface area contributed by atoms with Crippen LogP contribution in [0.2, 0.25) is 5.02 Å². The number of phenols is 1. The first-order chi connectivity index (χ1) is 7.20. The summed E-state index contributed by atoms with van der Waals surface area (Å²) in [6.07, 6.45) is 1.53. The molecule has 0 unspecified atom stereocenters. The maximum atomic E-state index is 9.59. The summed E-state index contributed by atoms with van der Waals surface area (Å²) >= 11 is 5.69. The molecular formula is C9H8ClN3O2. The van der Waals surface area contributed by atoms with Crippen LogP contribution in [0.15, 0.2) is 24.4 Å². The maximum Gasteiger partial charge on any atom is 0.142 e. The molecule has 2 rings (SSSR count). The van der Waals surface area contributed by atoms with Gasteiger partial charge in [0.1, 0.15) is 17.1 Å². The summed E-state index contributed by atoms with van der Waals surface area (Å²) in [5, 5.41) is 26.3. The number of halogens is 1. The topological polar surface area (TPSA) is 71.2 Å². The summed E-state index contributed by atoms with van der Waals surface area (Å²) < 4.78 is 1.37. The molecule has 0 atom stereocenters. The molecule has 0 spiro atoms. The molecule has 2 N–H and O–H groups in total. The smallest absolute Gasteiger partial charge is 0.142 e. The molecule has 0 aliphatic heterocycles. The third kappa shape index (κ3) is 1.93. The number of hydrogen-bond acceptors (Lipinski definition) is 4. The molecule has 1 heterocycles. The molecule has 0 saturated heterocycles. The average Bonchev–Trinajstić information content (AvgIpc) is 2.66. The van der Waals surface area contributed by atoms with Crippen molar-refractivity contribution in [3.63, 3.8) is 0 Å². The highest BCUT2D eigenvalue weighted by Gasteiger charge is 2.06. The Morgan fingerprint density at radius 1 is 1.40 bits per heavy atom. The van der Waals surface area contributed by atoms with E-state index in [1.807, 2.05) is 0 Å². The molecule has 0 fully saturated rings. The molecule has 0 aliphatic carbocycles. The van der Waals surface area contributed by atoms with Crippen molar-refractivity contribution < 1.29 is 10.2 Å². The Labute approximate surface area is 90.5 Å². The monoisotopic (exact) mass is 225 g/mol. The Kier molecular flexibility index (Phi) is 2.57. The van der Waals surface area contributed by atoms with E-state index in [4.69, 9.17) is 16.7 Å². The molecule has 5 nitrogen and oxygen atoms in total. The highest BCUT2D eigenvalue weighted by Crippen LogP contribution is 2.24. The summed E-state index contributed by atoms with van der Waals surface area (Å²) in [7, 11) is 0. The van der Waals surface area contributed by atoms with Gasteiger partial charge in [-0.25, -0.2) is 4.68 Å². The van der Waals surface area contributed by atoms with Crippen molar-refractivity contribution >= 4 is 11.6 Å². The molecule has 1 aromatic heterocycles. The first kappa shape index (κ1) is 9.95.